The first kappa shape index (κ1) is 26.5. The third kappa shape index (κ3) is 5.40. The lowest BCUT2D eigenvalue weighted by Gasteiger charge is -2.32. The Morgan fingerprint density at radius 1 is 1.15 bits per heavy atom. The molecule has 1 saturated heterocycles. The van der Waals surface area contributed by atoms with Gasteiger partial charge in [-0.2, -0.15) is 4.98 Å². The molecule has 2 aliphatic heterocycles. The van der Waals surface area contributed by atoms with Gasteiger partial charge >= 0.3 is 0 Å². The van der Waals surface area contributed by atoms with Crippen molar-refractivity contribution in [3.8, 4) is 22.9 Å². The standard InChI is InChI=1S/C26H34N8O5/c1-37-20-9-17(10-21(38-2)24(20)39-3)33-13-23(28-15-33)30-26-29-19-11-32(12-22(27)36)8-6-18(19)25(31-26)34-7-4-5-16(34)14-35/h9-10,13,15-16,35H,4-8,11-12,14H2,1-3H3,(H2,27,36)(H,29,30,31)/t16-/m0/s1. The van der Waals surface area contributed by atoms with E-state index < -0.39 is 0 Å². The number of hydrogen-bond acceptors (Lipinski definition) is 11. The molecule has 39 heavy (non-hydrogen) atoms. The van der Waals surface area contributed by atoms with Crippen LogP contribution in [0.3, 0.4) is 0 Å². The number of imidazole rings is 1. The Morgan fingerprint density at radius 3 is 2.59 bits per heavy atom. The first-order valence-corrected chi connectivity index (χ1v) is 12.8. The Bertz CT molecular complexity index is 1320. The van der Waals surface area contributed by atoms with Gasteiger partial charge < -0.3 is 39.8 Å². The molecule has 0 radical (unpaired) electrons. The molecule has 4 heterocycles. The number of aromatic nitrogens is 4. The summed E-state index contributed by atoms with van der Waals surface area (Å²) in [6.45, 7) is 2.23. The molecule has 1 fully saturated rings. The molecule has 3 aromatic rings. The number of rotatable bonds is 10. The van der Waals surface area contributed by atoms with Crippen molar-refractivity contribution < 1.29 is 24.1 Å². The van der Waals surface area contributed by atoms with E-state index in [-0.39, 0.29) is 25.1 Å². The van der Waals surface area contributed by atoms with Gasteiger partial charge in [0.2, 0.25) is 17.6 Å². The molecule has 2 aliphatic rings. The summed E-state index contributed by atoms with van der Waals surface area (Å²) < 4.78 is 18.2. The number of anilines is 3. The van der Waals surface area contributed by atoms with Crippen LogP contribution in [0, 0.1) is 0 Å². The molecule has 1 amide bonds. The minimum absolute atomic E-state index is 0.0136. The number of amides is 1. The van der Waals surface area contributed by atoms with Gasteiger partial charge in [0.1, 0.15) is 12.1 Å². The highest BCUT2D eigenvalue weighted by atomic mass is 16.5. The zero-order valence-corrected chi connectivity index (χ0v) is 22.4. The number of primary amides is 1. The third-order valence-corrected chi connectivity index (χ3v) is 7.13. The van der Waals surface area contributed by atoms with Crippen molar-refractivity contribution in [2.75, 3.05) is 57.8 Å². The zero-order valence-electron chi connectivity index (χ0n) is 22.4. The number of benzene rings is 1. The molecular weight excluding hydrogens is 504 g/mol. The van der Waals surface area contributed by atoms with Gasteiger partial charge in [-0.1, -0.05) is 0 Å². The lowest BCUT2D eigenvalue weighted by atomic mass is 10.0. The van der Waals surface area contributed by atoms with Crippen molar-refractivity contribution in [3.63, 3.8) is 0 Å². The van der Waals surface area contributed by atoms with E-state index in [9.17, 15) is 9.90 Å². The van der Waals surface area contributed by atoms with E-state index in [0.717, 1.165) is 42.1 Å². The van der Waals surface area contributed by atoms with Gasteiger partial charge in [0.25, 0.3) is 0 Å². The number of nitrogens with two attached hydrogens (primary N) is 1. The molecule has 4 N–H and O–H groups in total. The summed E-state index contributed by atoms with van der Waals surface area (Å²) in [5.74, 6) is 2.95. The van der Waals surface area contributed by atoms with E-state index in [1.807, 2.05) is 27.8 Å². The van der Waals surface area contributed by atoms with Crippen LogP contribution in [-0.2, 0) is 17.8 Å². The molecule has 1 aromatic carbocycles. The number of nitrogens with zero attached hydrogens (tertiary/aromatic N) is 6. The summed E-state index contributed by atoms with van der Waals surface area (Å²) in [6, 6.07) is 3.67. The van der Waals surface area contributed by atoms with Crippen molar-refractivity contribution >= 4 is 23.5 Å². The van der Waals surface area contributed by atoms with E-state index in [1.54, 1.807) is 27.7 Å². The van der Waals surface area contributed by atoms with Crippen molar-refractivity contribution in [1.29, 1.82) is 0 Å². The number of carbonyl (C=O) groups excluding carboxylic acids is 1. The number of aliphatic hydroxyl groups excluding tert-OH is 1. The Balaban J connectivity index is 1.46. The molecule has 0 aliphatic carbocycles. The second-order valence-corrected chi connectivity index (χ2v) is 9.57. The van der Waals surface area contributed by atoms with Crippen molar-refractivity contribution in [3.05, 3.63) is 35.9 Å². The summed E-state index contributed by atoms with van der Waals surface area (Å²) in [5, 5.41) is 13.2. The average molecular weight is 539 g/mol. The number of ether oxygens (including phenoxy) is 3. The quantitative estimate of drug-likeness (QED) is 0.342. The van der Waals surface area contributed by atoms with Crippen LogP contribution in [0.1, 0.15) is 24.1 Å². The molecule has 5 rings (SSSR count). The van der Waals surface area contributed by atoms with E-state index in [1.165, 1.54) is 0 Å². The number of carbonyl (C=O) groups is 1. The van der Waals surface area contributed by atoms with Crippen LogP contribution in [0.25, 0.3) is 5.69 Å². The van der Waals surface area contributed by atoms with E-state index in [4.69, 9.17) is 29.9 Å². The Hall–Kier alpha value is -4.10. The molecule has 13 nitrogen and oxygen atoms in total. The fraction of sp³-hybridized carbons (Fsp3) is 0.462. The first-order valence-electron chi connectivity index (χ1n) is 12.8. The Labute approximate surface area is 226 Å². The van der Waals surface area contributed by atoms with E-state index in [0.29, 0.717) is 48.5 Å². The fourth-order valence-electron chi connectivity index (χ4n) is 5.28. The normalized spacial score (nSPS) is 17.1. The Morgan fingerprint density at radius 2 is 1.92 bits per heavy atom. The maximum absolute atomic E-state index is 11.5. The van der Waals surface area contributed by atoms with Crippen molar-refractivity contribution in [2.45, 2.75) is 31.8 Å². The molecule has 0 unspecified atom stereocenters. The van der Waals surface area contributed by atoms with Crippen LogP contribution in [0.4, 0.5) is 17.6 Å². The van der Waals surface area contributed by atoms with Crippen LogP contribution in [0.2, 0.25) is 0 Å². The van der Waals surface area contributed by atoms with Gasteiger partial charge in [-0.05, 0) is 19.3 Å². The minimum Gasteiger partial charge on any atom is -0.493 e. The minimum atomic E-state index is -0.372. The molecule has 0 spiro atoms. The summed E-state index contributed by atoms with van der Waals surface area (Å²) >= 11 is 0. The maximum atomic E-state index is 11.5. The summed E-state index contributed by atoms with van der Waals surface area (Å²) in [4.78, 5) is 29.9. The Kier molecular flexibility index (Phi) is 7.70. The predicted octanol–water partition coefficient (Wildman–Crippen LogP) is 1.24. The molecule has 1 atom stereocenters. The predicted molar refractivity (Wildman–Crippen MR) is 144 cm³/mol. The second-order valence-electron chi connectivity index (χ2n) is 9.57. The third-order valence-electron chi connectivity index (χ3n) is 7.13. The number of methoxy groups -OCH3 is 3. The highest BCUT2D eigenvalue weighted by Crippen LogP contribution is 2.39. The zero-order chi connectivity index (χ0) is 27.5. The molecule has 208 valence electrons. The average Bonchev–Trinajstić information content (AvgIpc) is 3.61. The summed E-state index contributed by atoms with van der Waals surface area (Å²) in [6.07, 6.45) is 6.07. The fourth-order valence-corrected chi connectivity index (χ4v) is 5.28. The van der Waals surface area contributed by atoms with Crippen LogP contribution in [0.15, 0.2) is 24.7 Å². The maximum Gasteiger partial charge on any atom is 0.231 e. The van der Waals surface area contributed by atoms with Gasteiger partial charge in [0, 0.05) is 37.3 Å². The molecule has 0 bridgehead atoms. The number of hydrogen-bond donors (Lipinski definition) is 3. The topological polar surface area (TPSA) is 153 Å². The van der Waals surface area contributed by atoms with Gasteiger partial charge in [-0.3, -0.25) is 9.69 Å². The van der Waals surface area contributed by atoms with Crippen LogP contribution in [-0.4, -0.2) is 89.0 Å². The number of fused-ring (bicyclic) bond motifs is 1. The highest BCUT2D eigenvalue weighted by molar-refractivity contribution is 5.76. The van der Waals surface area contributed by atoms with E-state index >= 15 is 0 Å². The molecule has 2 aromatic heterocycles. The molecular formula is C26H34N8O5. The smallest absolute Gasteiger partial charge is 0.231 e. The van der Waals surface area contributed by atoms with Gasteiger partial charge in [0.15, 0.2) is 17.3 Å². The number of aliphatic hydroxyl groups is 1. The van der Waals surface area contributed by atoms with E-state index in [2.05, 4.69) is 15.2 Å². The van der Waals surface area contributed by atoms with Crippen molar-refractivity contribution in [2.24, 2.45) is 5.73 Å². The monoisotopic (exact) mass is 538 g/mol. The van der Waals surface area contributed by atoms with Gasteiger partial charge in [-0.25, -0.2) is 9.97 Å². The second kappa shape index (κ2) is 11.3. The first-order chi connectivity index (χ1) is 18.9. The van der Waals surface area contributed by atoms with Crippen LogP contribution in [0.5, 0.6) is 17.2 Å². The number of nitrogens with one attached hydrogen (secondary N) is 1. The summed E-state index contributed by atoms with van der Waals surface area (Å²) in [7, 11) is 4.70. The lowest BCUT2D eigenvalue weighted by molar-refractivity contribution is -0.119. The molecule has 13 heteroatoms. The lowest BCUT2D eigenvalue weighted by Crippen LogP contribution is -2.40. The SMILES string of the molecule is COc1cc(-n2cnc(Nc3nc4c(c(N5CCC[C@H]5CO)n3)CCN(CC(N)=O)C4)c2)cc(OC)c1OC. The summed E-state index contributed by atoms with van der Waals surface area (Å²) in [5.41, 5.74) is 8.10. The largest absolute Gasteiger partial charge is 0.493 e. The van der Waals surface area contributed by atoms with Crippen LogP contribution >= 0.6 is 0 Å². The van der Waals surface area contributed by atoms with Crippen molar-refractivity contribution in [1.82, 2.24) is 24.4 Å². The van der Waals surface area contributed by atoms with Crippen LogP contribution < -0.4 is 30.2 Å². The van der Waals surface area contributed by atoms with Gasteiger partial charge in [0.05, 0.1) is 58.1 Å². The highest BCUT2D eigenvalue weighted by Gasteiger charge is 2.31. The molecule has 0 saturated carbocycles. The van der Waals surface area contributed by atoms with Gasteiger partial charge in [-0.15, -0.1) is 0 Å².